The summed E-state index contributed by atoms with van der Waals surface area (Å²) in [5.41, 5.74) is 3.53. The van der Waals surface area contributed by atoms with E-state index in [1.165, 1.54) is 31.3 Å². The van der Waals surface area contributed by atoms with Crippen LogP contribution in [-0.2, 0) is 0 Å². The molecular formula is C19H25NO. The highest BCUT2D eigenvalue weighted by Gasteiger charge is 2.27. The molecule has 1 heterocycles. The molecule has 0 saturated heterocycles. The molecule has 0 N–H and O–H groups in total. The van der Waals surface area contributed by atoms with E-state index in [0.717, 1.165) is 11.5 Å². The Bertz CT molecular complexity index is 562. The summed E-state index contributed by atoms with van der Waals surface area (Å²) in [6, 6.07) is 1.97. The van der Waals surface area contributed by atoms with E-state index in [0.29, 0.717) is 16.9 Å². The molecule has 2 nitrogen and oxygen atoms in total. The van der Waals surface area contributed by atoms with Crippen molar-refractivity contribution in [1.29, 1.82) is 0 Å². The molecule has 2 heteroatoms. The lowest BCUT2D eigenvalue weighted by Crippen LogP contribution is -2.23. The highest BCUT2D eigenvalue weighted by Crippen LogP contribution is 2.40. The average molecular weight is 283 g/mol. The summed E-state index contributed by atoms with van der Waals surface area (Å²) in [5.74, 6) is 4.11. The predicted octanol–water partition coefficient (Wildman–Crippen LogP) is 4.69. The van der Waals surface area contributed by atoms with E-state index in [4.69, 9.17) is 11.2 Å². The second-order valence-corrected chi connectivity index (χ2v) is 6.87. The highest BCUT2D eigenvalue weighted by atomic mass is 16.5. The Morgan fingerprint density at radius 3 is 2.52 bits per heavy atom. The molecule has 0 unspecified atom stereocenters. The molecule has 1 fully saturated rings. The first-order chi connectivity index (χ1) is 9.95. The fraction of sp³-hybridized carbons (Fsp3) is 0.526. The SMILES string of the molecule is C#Cc1nccc(C=C2CCC(C(C)(C)C)CC2)c1OC. The summed E-state index contributed by atoms with van der Waals surface area (Å²) < 4.78 is 5.43. The smallest absolute Gasteiger partial charge is 0.160 e. The minimum Gasteiger partial charge on any atom is -0.493 e. The number of ether oxygens (including phenoxy) is 1. The van der Waals surface area contributed by atoms with Crippen LogP contribution in [0.15, 0.2) is 17.8 Å². The number of allylic oxidation sites excluding steroid dienone is 1. The zero-order valence-electron chi connectivity index (χ0n) is 13.6. The Labute approximate surface area is 128 Å². The maximum atomic E-state index is 5.48. The number of aromatic nitrogens is 1. The first-order valence-electron chi connectivity index (χ1n) is 7.64. The Balaban J connectivity index is 2.18. The van der Waals surface area contributed by atoms with Gasteiger partial charge in [-0.25, -0.2) is 4.98 Å². The number of nitrogens with zero attached hydrogens (tertiary/aromatic N) is 1. The van der Waals surface area contributed by atoms with Gasteiger partial charge >= 0.3 is 0 Å². The predicted molar refractivity (Wildman–Crippen MR) is 88.1 cm³/mol. The third-order valence-electron chi connectivity index (χ3n) is 4.49. The molecule has 21 heavy (non-hydrogen) atoms. The highest BCUT2D eigenvalue weighted by molar-refractivity contribution is 5.63. The van der Waals surface area contributed by atoms with Gasteiger partial charge in [0.25, 0.3) is 0 Å². The lowest BCUT2D eigenvalue weighted by molar-refractivity contribution is 0.198. The maximum Gasteiger partial charge on any atom is 0.160 e. The van der Waals surface area contributed by atoms with Gasteiger partial charge in [0, 0.05) is 11.8 Å². The van der Waals surface area contributed by atoms with E-state index in [1.807, 2.05) is 6.07 Å². The van der Waals surface area contributed by atoms with E-state index >= 15 is 0 Å². The zero-order chi connectivity index (χ0) is 15.5. The lowest BCUT2D eigenvalue weighted by atomic mass is 9.71. The van der Waals surface area contributed by atoms with Crippen LogP contribution >= 0.6 is 0 Å². The van der Waals surface area contributed by atoms with Gasteiger partial charge in [-0.1, -0.05) is 32.4 Å². The van der Waals surface area contributed by atoms with Crippen molar-refractivity contribution >= 4 is 6.08 Å². The van der Waals surface area contributed by atoms with E-state index < -0.39 is 0 Å². The molecule has 1 saturated carbocycles. The molecule has 0 radical (unpaired) electrons. The van der Waals surface area contributed by atoms with Gasteiger partial charge in [-0.3, -0.25) is 0 Å². The quantitative estimate of drug-likeness (QED) is 0.734. The maximum absolute atomic E-state index is 5.48. The first kappa shape index (κ1) is 15.6. The Morgan fingerprint density at radius 2 is 2.00 bits per heavy atom. The van der Waals surface area contributed by atoms with E-state index in [-0.39, 0.29) is 0 Å². The van der Waals surface area contributed by atoms with Crippen molar-refractivity contribution < 1.29 is 4.74 Å². The van der Waals surface area contributed by atoms with Crippen LogP contribution in [0.5, 0.6) is 5.75 Å². The van der Waals surface area contributed by atoms with Crippen LogP contribution in [0.4, 0.5) is 0 Å². The molecule has 2 rings (SSSR count). The van der Waals surface area contributed by atoms with E-state index in [9.17, 15) is 0 Å². The number of pyridine rings is 1. The summed E-state index contributed by atoms with van der Waals surface area (Å²) in [5, 5.41) is 0. The van der Waals surface area contributed by atoms with Crippen molar-refractivity contribution in [2.24, 2.45) is 11.3 Å². The van der Waals surface area contributed by atoms with Crippen LogP contribution in [0.1, 0.15) is 57.7 Å². The Morgan fingerprint density at radius 1 is 1.33 bits per heavy atom. The molecule has 1 aromatic heterocycles. The van der Waals surface area contributed by atoms with Crippen LogP contribution < -0.4 is 4.74 Å². The van der Waals surface area contributed by atoms with Crippen molar-refractivity contribution in [2.45, 2.75) is 46.5 Å². The fourth-order valence-electron chi connectivity index (χ4n) is 3.11. The number of methoxy groups -OCH3 is 1. The van der Waals surface area contributed by atoms with E-state index in [2.05, 4.69) is 37.8 Å². The van der Waals surface area contributed by atoms with Gasteiger partial charge in [0.1, 0.15) is 0 Å². The number of hydrogen-bond acceptors (Lipinski definition) is 2. The van der Waals surface area contributed by atoms with Crippen LogP contribution in [0.25, 0.3) is 6.08 Å². The Kier molecular flexibility index (Phi) is 4.73. The van der Waals surface area contributed by atoms with Gasteiger partial charge in [-0.15, -0.1) is 6.42 Å². The average Bonchev–Trinajstić information content (AvgIpc) is 2.46. The number of hydrogen-bond donors (Lipinski definition) is 0. The van der Waals surface area contributed by atoms with Gasteiger partial charge in [0.15, 0.2) is 11.4 Å². The van der Waals surface area contributed by atoms with Gasteiger partial charge < -0.3 is 4.74 Å². The van der Waals surface area contributed by atoms with Gasteiger partial charge in [0.2, 0.25) is 0 Å². The molecule has 0 aromatic carbocycles. The second-order valence-electron chi connectivity index (χ2n) is 6.87. The van der Waals surface area contributed by atoms with Crippen molar-refractivity contribution in [3.8, 4) is 18.1 Å². The summed E-state index contributed by atoms with van der Waals surface area (Å²) in [6.45, 7) is 7.03. The Hall–Kier alpha value is -1.75. The molecule has 112 valence electrons. The van der Waals surface area contributed by atoms with Gasteiger partial charge in [-0.2, -0.15) is 0 Å². The largest absolute Gasteiger partial charge is 0.493 e. The first-order valence-corrected chi connectivity index (χ1v) is 7.64. The number of terminal acetylenes is 1. The lowest BCUT2D eigenvalue weighted by Gasteiger charge is -2.34. The molecule has 0 aliphatic heterocycles. The second kappa shape index (κ2) is 6.35. The third-order valence-corrected chi connectivity index (χ3v) is 4.49. The monoisotopic (exact) mass is 283 g/mol. The zero-order valence-corrected chi connectivity index (χ0v) is 13.6. The molecule has 1 aliphatic rings. The van der Waals surface area contributed by atoms with Crippen LogP contribution in [0.3, 0.4) is 0 Å². The summed E-state index contributed by atoms with van der Waals surface area (Å²) in [6.07, 6.45) is 14.3. The third kappa shape index (κ3) is 3.67. The van der Waals surface area contributed by atoms with Gasteiger partial charge in [0.05, 0.1) is 7.11 Å². The van der Waals surface area contributed by atoms with Crippen LogP contribution in [0, 0.1) is 23.7 Å². The molecule has 1 aliphatic carbocycles. The molecular weight excluding hydrogens is 258 g/mol. The van der Waals surface area contributed by atoms with E-state index in [1.54, 1.807) is 13.3 Å². The molecule has 0 atom stereocenters. The molecule has 1 aromatic rings. The summed E-state index contributed by atoms with van der Waals surface area (Å²) in [7, 11) is 1.65. The van der Waals surface area contributed by atoms with Gasteiger partial charge in [-0.05, 0) is 49.0 Å². The molecule has 0 amide bonds. The fourth-order valence-corrected chi connectivity index (χ4v) is 3.11. The topological polar surface area (TPSA) is 22.1 Å². The van der Waals surface area contributed by atoms with Crippen molar-refractivity contribution in [2.75, 3.05) is 7.11 Å². The van der Waals surface area contributed by atoms with Crippen LogP contribution in [-0.4, -0.2) is 12.1 Å². The minimum absolute atomic E-state index is 0.413. The minimum atomic E-state index is 0.413. The van der Waals surface area contributed by atoms with Crippen LogP contribution in [0.2, 0.25) is 0 Å². The summed E-state index contributed by atoms with van der Waals surface area (Å²) in [4.78, 5) is 4.18. The molecule has 0 spiro atoms. The standard InChI is InChI=1S/C19H25NO/c1-6-17-18(21-5)15(11-12-20-17)13-14-7-9-16(10-8-14)19(2,3)4/h1,11-13,16H,7-10H2,2-5H3. The van der Waals surface area contributed by atoms with Crippen molar-refractivity contribution in [3.05, 3.63) is 29.1 Å². The van der Waals surface area contributed by atoms with Crippen molar-refractivity contribution in [1.82, 2.24) is 4.98 Å². The molecule has 0 bridgehead atoms. The number of rotatable bonds is 2. The normalized spacial score (nSPS) is 19.0. The van der Waals surface area contributed by atoms with Crippen molar-refractivity contribution in [3.63, 3.8) is 0 Å². The summed E-state index contributed by atoms with van der Waals surface area (Å²) >= 11 is 0.